The van der Waals surface area contributed by atoms with Gasteiger partial charge in [-0.2, -0.15) is 0 Å². The highest BCUT2D eigenvalue weighted by Gasteiger charge is 2.43. The number of aliphatic hydroxyl groups is 1. The molecule has 32 heavy (non-hydrogen) atoms. The molecule has 4 aromatic rings. The zero-order valence-corrected chi connectivity index (χ0v) is 19.0. The molecule has 0 aliphatic heterocycles. The van der Waals surface area contributed by atoms with Crippen molar-refractivity contribution in [2.45, 2.75) is 25.2 Å². The molecule has 2 aromatic carbocycles. The number of aromatic nitrogens is 2. The molecule has 8 heteroatoms. The minimum atomic E-state index is -2.20. The average Bonchev–Trinajstić information content (AvgIpc) is 3.49. The van der Waals surface area contributed by atoms with Gasteiger partial charge < -0.3 is 24.6 Å². The summed E-state index contributed by atoms with van der Waals surface area (Å²) < 4.78 is 5.89. The minimum absolute atomic E-state index is 0.0737. The molecule has 0 unspecified atom stereocenters. The molecule has 0 radical (unpaired) electrons. The van der Waals surface area contributed by atoms with Gasteiger partial charge >= 0.3 is 0 Å². The number of aryl methyl sites for hydroxylation is 1. The third-order valence-corrected chi connectivity index (χ3v) is 7.28. The summed E-state index contributed by atoms with van der Waals surface area (Å²) >= 11 is 6.53. The first-order chi connectivity index (χ1) is 15.4. The lowest BCUT2D eigenvalue weighted by molar-refractivity contribution is 0.255. The van der Waals surface area contributed by atoms with Crippen LogP contribution in [0.15, 0.2) is 54.6 Å². The third kappa shape index (κ3) is 3.90. The zero-order valence-electron chi connectivity index (χ0n) is 17.3. The van der Waals surface area contributed by atoms with E-state index in [1.54, 1.807) is 24.3 Å². The molecule has 1 fully saturated rings. The van der Waals surface area contributed by atoms with Crippen LogP contribution in [0.5, 0.6) is 11.6 Å². The Morgan fingerprint density at radius 3 is 2.50 bits per heavy atom. The summed E-state index contributed by atoms with van der Waals surface area (Å²) in [7, 11) is -2.20. The maximum atomic E-state index is 9.65. The molecule has 1 aliphatic carbocycles. The van der Waals surface area contributed by atoms with E-state index in [1.165, 1.54) is 0 Å². The minimum Gasteiger partial charge on any atom is -0.441 e. The number of fused-ring (bicyclic) bond motifs is 1. The van der Waals surface area contributed by atoms with Gasteiger partial charge in [-0.3, -0.25) is 0 Å². The predicted molar refractivity (Wildman–Crippen MR) is 127 cm³/mol. The number of H-pyrrole nitrogens is 1. The maximum absolute atomic E-state index is 9.65. The predicted octanol–water partition coefficient (Wildman–Crippen LogP) is 4.93. The van der Waals surface area contributed by atoms with E-state index in [0.29, 0.717) is 33.2 Å². The van der Waals surface area contributed by atoms with Crippen molar-refractivity contribution >= 4 is 36.3 Å². The van der Waals surface area contributed by atoms with Crippen molar-refractivity contribution in [2.24, 2.45) is 0 Å². The van der Waals surface area contributed by atoms with Gasteiger partial charge in [-0.25, -0.2) is 4.98 Å². The number of halogens is 1. The molecular formula is C24H22ClN2O4P. The van der Waals surface area contributed by atoms with Crippen LogP contribution in [0.3, 0.4) is 0 Å². The molecule has 6 nitrogen and oxygen atoms in total. The lowest BCUT2D eigenvalue weighted by Gasteiger charge is -2.13. The van der Waals surface area contributed by atoms with Gasteiger partial charge in [-0.15, -0.1) is 0 Å². The Kier molecular flexibility index (Phi) is 5.44. The fourth-order valence-corrected chi connectivity index (χ4v) is 4.82. The molecule has 164 valence electrons. The van der Waals surface area contributed by atoms with Gasteiger partial charge in [0.1, 0.15) is 5.75 Å². The Morgan fingerprint density at radius 1 is 1.09 bits per heavy atom. The molecule has 1 saturated carbocycles. The second-order valence-corrected chi connectivity index (χ2v) is 9.71. The lowest BCUT2D eigenvalue weighted by Crippen LogP contribution is -2.11. The number of pyridine rings is 1. The number of hydrogen-bond acceptors (Lipinski definition) is 5. The van der Waals surface area contributed by atoms with Crippen molar-refractivity contribution in [3.8, 4) is 22.9 Å². The number of aliphatic hydroxyl groups excluding tert-OH is 1. The van der Waals surface area contributed by atoms with E-state index in [9.17, 15) is 14.9 Å². The monoisotopic (exact) mass is 468 g/mol. The second kappa shape index (κ2) is 8.14. The molecule has 2 aromatic heterocycles. The van der Waals surface area contributed by atoms with E-state index in [1.807, 2.05) is 37.3 Å². The van der Waals surface area contributed by atoms with Crippen LogP contribution in [-0.4, -0.2) is 31.5 Å². The molecule has 1 aliphatic rings. The maximum Gasteiger partial charge on any atom is 0.200 e. The van der Waals surface area contributed by atoms with Gasteiger partial charge in [-0.1, -0.05) is 41.9 Å². The Balaban J connectivity index is 1.44. The zero-order chi connectivity index (χ0) is 22.5. The van der Waals surface area contributed by atoms with Crippen LogP contribution in [-0.2, 0) is 5.41 Å². The number of ether oxygens (including phenoxy) is 1. The first kappa shape index (κ1) is 21.4. The molecular weight excluding hydrogens is 447 g/mol. The number of benzene rings is 2. The summed E-state index contributed by atoms with van der Waals surface area (Å²) in [5.41, 5.74) is 4.88. The number of aromatic amines is 1. The van der Waals surface area contributed by atoms with Crippen molar-refractivity contribution in [1.82, 2.24) is 9.97 Å². The average molecular weight is 469 g/mol. The molecule has 0 spiro atoms. The molecule has 0 saturated heterocycles. The normalized spacial score (nSPS) is 14.8. The van der Waals surface area contributed by atoms with E-state index >= 15 is 0 Å². The summed E-state index contributed by atoms with van der Waals surface area (Å²) in [6.07, 6.45) is 2.03. The fraction of sp³-hybridized carbons (Fsp3) is 0.208. The Morgan fingerprint density at radius 2 is 1.84 bits per heavy atom. The van der Waals surface area contributed by atoms with Crippen molar-refractivity contribution in [3.05, 3.63) is 70.7 Å². The topological polar surface area (TPSA) is 98.6 Å². The highest BCUT2D eigenvalue weighted by Crippen LogP contribution is 2.48. The van der Waals surface area contributed by atoms with Crippen LogP contribution in [0.4, 0.5) is 0 Å². The molecule has 0 amide bonds. The van der Waals surface area contributed by atoms with Gasteiger partial charge in [0.25, 0.3) is 0 Å². The van der Waals surface area contributed by atoms with E-state index < -0.39 is 8.38 Å². The third-order valence-electron chi connectivity index (χ3n) is 6.08. The summed E-state index contributed by atoms with van der Waals surface area (Å²) in [4.78, 5) is 27.0. The SMILES string of the molecule is Cc1ccc(Oc2cc3nc(-c4ccc(C5(CO)CC5)cc4)c(Cl)cc3[nH]2)cc1P(O)O. The number of nitrogens with zero attached hydrogens (tertiary/aromatic N) is 1. The van der Waals surface area contributed by atoms with E-state index in [0.717, 1.165) is 35.0 Å². The van der Waals surface area contributed by atoms with Gasteiger partial charge in [-0.05, 0) is 49.1 Å². The Hall–Kier alpha value is -2.47. The van der Waals surface area contributed by atoms with Gasteiger partial charge in [0, 0.05) is 22.3 Å². The van der Waals surface area contributed by atoms with Crippen molar-refractivity contribution in [1.29, 1.82) is 0 Å². The quantitative estimate of drug-likeness (QED) is 0.301. The van der Waals surface area contributed by atoms with Gasteiger partial charge in [0.15, 0.2) is 14.3 Å². The fourth-order valence-electron chi connectivity index (χ4n) is 3.93. The lowest BCUT2D eigenvalue weighted by atomic mass is 9.95. The molecule has 5 rings (SSSR count). The van der Waals surface area contributed by atoms with Crippen molar-refractivity contribution in [3.63, 3.8) is 0 Å². The highest BCUT2D eigenvalue weighted by atomic mass is 35.5. The van der Waals surface area contributed by atoms with Crippen molar-refractivity contribution in [2.75, 3.05) is 6.61 Å². The number of rotatable bonds is 6. The van der Waals surface area contributed by atoms with E-state index in [-0.39, 0.29) is 12.0 Å². The Bertz CT molecular complexity index is 1300. The standard InChI is InChI=1S/C24H22ClN2O4P/c1-14-2-7-17(10-21(14)32(29)30)31-22-12-20-19(26-22)11-18(25)23(27-20)15-3-5-16(6-4-15)24(13-28)8-9-24/h2-7,10-12,26,28-30H,8-9,13H2,1H3. The smallest absolute Gasteiger partial charge is 0.200 e. The second-order valence-electron chi connectivity index (χ2n) is 8.24. The molecule has 0 atom stereocenters. The van der Waals surface area contributed by atoms with Crippen LogP contribution in [0, 0.1) is 6.92 Å². The van der Waals surface area contributed by atoms with E-state index in [4.69, 9.17) is 21.3 Å². The number of hydrogen-bond donors (Lipinski definition) is 4. The molecule has 4 N–H and O–H groups in total. The van der Waals surface area contributed by atoms with Crippen LogP contribution in [0.25, 0.3) is 22.3 Å². The van der Waals surface area contributed by atoms with Gasteiger partial charge in [0.2, 0.25) is 0 Å². The van der Waals surface area contributed by atoms with Crippen LogP contribution >= 0.6 is 20.0 Å². The van der Waals surface area contributed by atoms with Gasteiger partial charge in [0.05, 0.1) is 28.4 Å². The first-order valence-corrected chi connectivity index (χ1v) is 11.9. The first-order valence-electron chi connectivity index (χ1n) is 10.3. The highest BCUT2D eigenvalue weighted by molar-refractivity contribution is 7.54. The van der Waals surface area contributed by atoms with Crippen molar-refractivity contribution < 1.29 is 19.6 Å². The van der Waals surface area contributed by atoms with Crippen LogP contribution in [0.1, 0.15) is 24.0 Å². The molecule has 0 bridgehead atoms. The van der Waals surface area contributed by atoms with Crippen LogP contribution < -0.4 is 10.0 Å². The molecule has 2 heterocycles. The largest absolute Gasteiger partial charge is 0.441 e. The number of nitrogens with one attached hydrogen (secondary N) is 1. The van der Waals surface area contributed by atoms with Crippen LogP contribution in [0.2, 0.25) is 5.02 Å². The summed E-state index contributed by atoms with van der Waals surface area (Å²) in [6.45, 7) is 1.99. The summed E-state index contributed by atoms with van der Waals surface area (Å²) in [6, 6.07) is 16.8. The summed E-state index contributed by atoms with van der Waals surface area (Å²) in [5.74, 6) is 0.970. The summed E-state index contributed by atoms with van der Waals surface area (Å²) in [5, 5.41) is 10.6. The Labute approximate surface area is 191 Å². The van der Waals surface area contributed by atoms with E-state index in [2.05, 4.69) is 4.98 Å².